The largest absolute Gasteiger partial charge is 0.360 e. The molecule has 0 saturated heterocycles. The molecule has 6 heteroatoms. The average Bonchev–Trinajstić information content (AvgIpc) is 3.06. The van der Waals surface area contributed by atoms with Gasteiger partial charge in [0.2, 0.25) is 11.8 Å². The molecule has 1 aromatic rings. The van der Waals surface area contributed by atoms with Crippen molar-refractivity contribution < 1.29 is 14.1 Å². The SMILES string of the molecule is Cc1cc(NC(=O)CN(C(=O)CCC2CCCC2)C2CC2)no1. The number of hydrogen-bond acceptors (Lipinski definition) is 4. The third-order valence-corrected chi connectivity index (χ3v) is 4.76. The molecule has 2 aliphatic rings. The molecule has 0 atom stereocenters. The highest BCUT2D eigenvalue weighted by atomic mass is 16.5. The van der Waals surface area contributed by atoms with Gasteiger partial charge in [-0.05, 0) is 32.1 Å². The van der Waals surface area contributed by atoms with Crippen LogP contribution in [0.25, 0.3) is 0 Å². The van der Waals surface area contributed by atoms with Crippen molar-refractivity contribution in [3.05, 3.63) is 11.8 Å². The number of aromatic nitrogens is 1. The van der Waals surface area contributed by atoms with Gasteiger partial charge < -0.3 is 14.7 Å². The molecule has 126 valence electrons. The lowest BCUT2D eigenvalue weighted by molar-refractivity contribution is -0.135. The molecular weight excluding hydrogens is 294 g/mol. The number of aryl methyl sites for hydroxylation is 1. The predicted octanol–water partition coefficient (Wildman–Crippen LogP) is 2.88. The number of carbonyl (C=O) groups is 2. The molecule has 1 N–H and O–H groups in total. The van der Waals surface area contributed by atoms with E-state index in [1.165, 1.54) is 25.7 Å². The maximum absolute atomic E-state index is 12.5. The fourth-order valence-corrected chi connectivity index (χ4v) is 3.34. The molecule has 0 unspecified atom stereocenters. The van der Waals surface area contributed by atoms with E-state index in [0.717, 1.165) is 19.3 Å². The second-order valence-electron chi connectivity index (χ2n) is 6.81. The highest BCUT2D eigenvalue weighted by molar-refractivity contribution is 5.94. The summed E-state index contributed by atoms with van der Waals surface area (Å²) in [5.74, 6) is 1.66. The number of carbonyl (C=O) groups excluding carboxylic acids is 2. The van der Waals surface area contributed by atoms with Gasteiger partial charge in [0.1, 0.15) is 12.3 Å². The molecule has 23 heavy (non-hydrogen) atoms. The van der Waals surface area contributed by atoms with Crippen molar-refractivity contribution in [1.29, 1.82) is 0 Å². The molecule has 2 amide bonds. The predicted molar refractivity (Wildman–Crippen MR) is 85.8 cm³/mol. The third kappa shape index (κ3) is 4.56. The zero-order chi connectivity index (χ0) is 16.2. The zero-order valence-electron chi connectivity index (χ0n) is 13.7. The Labute approximate surface area is 136 Å². The molecule has 0 aliphatic heterocycles. The van der Waals surface area contributed by atoms with E-state index in [0.29, 0.717) is 23.9 Å². The minimum Gasteiger partial charge on any atom is -0.360 e. The van der Waals surface area contributed by atoms with Crippen molar-refractivity contribution in [3.63, 3.8) is 0 Å². The van der Waals surface area contributed by atoms with E-state index < -0.39 is 0 Å². The van der Waals surface area contributed by atoms with Gasteiger partial charge in [0.25, 0.3) is 0 Å². The van der Waals surface area contributed by atoms with E-state index in [1.54, 1.807) is 17.9 Å². The number of nitrogens with one attached hydrogen (secondary N) is 1. The minimum absolute atomic E-state index is 0.111. The second-order valence-corrected chi connectivity index (χ2v) is 6.81. The Morgan fingerprint density at radius 3 is 2.65 bits per heavy atom. The summed E-state index contributed by atoms with van der Waals surface area (Å²) in [4.78, 5) is 26.4. The standard InChI is InChI=1S/C17H25N3O3/c1-12-10-15(19-23-12)18-16(21)11-20(14-7-8-14)17(22)9-6-13-4-2-3-5-13/h10,13-14H,2-9,11H2,1H3,(H,18,19,21). The molecule has 6 nitrogen and oxygen atoms in total. The normalized spacial score (nSPS) is 18.1. The summed E-state index contributed by atoms with van der Waals surface area (Å²) < 4.78 is 4.93. The summed E-state index contributed by atoms with van der Waals surface area (Å²) in [6.07, 6.45) is 8.64. The van der Waals surface area contributed by atoms with Crippen molar-refractivity contribution in [2.75, 3.05) is 11.9 Å². The quantitative estimate of drug-likeness (QED) is 0.838. The molecule has 1 aromatic heterocycles. The first-order chi connectivity index (χ1) is 11.1. The van der Waals surface area contributed by atoms with Crippen LogP contribution in [0.3, 0.4) is 0 Å². The fourth-order valence-electron chi connectivity index (χ4n) is 3.34. The van der Waals surface area contributed by atoms with E-state index in [2.05, 4.69) is 10.5 Å². The van der Waals surface area contributed by atoms with Gasteiger partial charge in [0.05, 0.1) is 0 Å². The van der Waals surface area contributed by atoms with Crippen LogP contribution in [0.1, 0.15) is 57.1 Å². The molecule has 0 spiro atoms. The van der Waals surface area contributed by atoms with Gasteiger partial charge in [-0.2, -0.15) is 0 Å². The topological polar surface area (TPSA) is 75.4 Å². The second kappa shape index (κ2) is 7.15. The van der Waals surface area contributed by atoms with Crippen LogP contribution in [0.15, 0.2) is 10.6 Å². The Hall–Kier alpha value is -1.85. The van der Waals surface area contributed by atoms with E-state index in [1.807, 2.05) is 0 Å². The first-order valence-corrected chi connectivity index (χ1v) is 8.64. The number of amides is 2. The van der Waals surface area contributed by atoms with Crippen molar-refractivity contribution in [2.45, 2.75) is 64.3 Å². The van der Waals surface area contributed by atoms with E-state index in [9.17, 15) is 9.59 Å². The summed E-state index contributed by atoms with van der Waals surface area (Å²) in [5.41, 5.74) is 0. The molecular formula is C17H25N3O3. The Kier molecular flexibility index (Phi) is 4.98. The Morgan fingerprint density at radius 2 is 2.04 bits per heavy atom. The Bertz CT molecular complexity index is 559. The van der Waals surface area contributed by atoms with Gasteiger partial charge in [-0.3, -0.25) is 9.59 Å². The lowest BCUT2D eigenvalue weighted by atomic mass is 10.0. The highest BCUT2D eigenvalue weighted by Crippen LogP contribution is 2.31. The lowest BCUT2D eigenvalue weighted by Gasteiger charge is -2.22. The molecule has 2 aliphatic carbocycles. The van der Waals surface area contributed by atoms with Gasteiger partial charge >= 0.3 is 0 Å². The van der Waals surface area contributed by atoms with E-state index in [4.69, 9.17) is 4.52 Å². The van der Waals surface area contributed by atoms with Crippen molar-refractivity contribution >= 4 is 17.6 Å². The van der Waals surface area contributed by atoms with Crippen LogP contribution in [0.2, 0.25) is 0 Å². The molecule has 0 aromatic carbocycles. The Morgan fingerprint density at radius 1 is 1.30 bits per heavy atom. The summed E-state index contributed by atoms with van der Waals surface area (Å²) in [7, 11) is 0. The number of hydrogen-bond donors (Lipinski definition) is 1. The van der Waals surface area contributed by atoms with Crippen molar-refractivity contribution in [3.8, 4) is 0 Å². The Balaban J connectivity index is 1.49. The molecule has 2 fully saturated rings. The summed E-state index contributed by atoms with van der Waals surface area (Å²) in [6, 6.07) is 1.91. The number of nitrogens with zero attached hydrogens (tertiary/aromatic N) is 2. The maximum atomic E-state index is 12.5. The van der Waals surface area contributed by atoms with Crippen LogP contribution in [0, 0.1) is 12.8 Å². The van der Waals surface area contributed by atoms with E-state index in [-0.39, 0.29) is 24.4 Å². The lowest BCUT2D eigenvalue weighted by Crippen LogP contribution is -2.39. The van der Waals surface area contributed by atoms with Gasteiger partial charge in [-0.1, -0.05) is 30.8 Å². The van der Waals surface area contributed by atoms with Crippen LogP contribution in [-0.4, -0.2) is 34.5 Å². The van der Waals surface area contributed by atoms with Gasteiger partial charge in [-0.15, -0.1) is 0 Å². The molecule has 2 saturated carbocycles. The van der Waals surface area contributed by atoms with Crippen LogP contribution in [-0.2, 0) is 9.59 Å². The van der Waals surface area contributed by atoms with Crippen molar-refractivity contribution in [2.24, 2.45) is 5.92 Å². The first kappa shape index (κ1) is 16.0. The third-order valence-electron chi connectivity index (χ3n) is 4.76. The summed E-state index contributed by atoms with van der Waals surface area (Å²) in [5, 5.41) is 6.44. The molecule has 0 radical (unpaired) electrons. The monoisotopic (exact) mass is 319 g/mol. The van der Waals surface area contributed by atoms with Crippen LogP contribution in [0.5, 0.6) is 0 Å². The van der Waals surface area contributed by atoms with Crippen LogP contribution >= 0.6 is 0 Å². The number of anilines is 1. The first-order valence-electron chi connectivity index (χ1n) is 8.64. The molecule has 1 heterocycles. The summed E-state index contributed by atoms with van der Waals surface area (Å²) in [6.45, 7) is 1.88. The molecule has 3 rings (SSSR count). The fraction of sp³-hybridized carbons (Fsp3) is 0.706. The van der Waals surface area contributed by atoms with Crippen LogP contribution in [0.4, 0.5) is 5.82 Å². The summed E-state index contributed by atoms with van der Waals surface area (Å²) >= 11 is 0. The van der Waals surface area contributed by atoms with Gasteiger partial charge in [0, 0.05) is 18.5 Å². The van der Waals surface area contributed by atoms with Gasteiger partial charge in [0.15, 0.2) is 5.82 Å². The van der Waals surface area contributed by atoms with Crippen molar-refractivity contribution in [1.82, 2.24) is 10.1 Å². The molecule has 0 bridgehead atoms. The van der Waals surface area contributed by atoms with Gasteiger partial charge in [-0.25, -0.2) is 0 Å². The van der Waals surface area contributed by atoms with Crippen LogP contribution < -0.4 is 5.32 Å². The smallest absolute Gasteiger partial charge is 0.245 e. The highest BCUT2D eigenvalue weighted by Gasteiger charge is 2.34. The average molecular weight is 319 g/mol. The maximum Gasteiger partial charge on any atom is 0.245 e. The minimum atomic E-state index is -0.209. The number of rotatable bonds is 7. The zero-order valence-corrected chi connectivity index (χ0v) is 13.7. The van der Waals surface area contributed by atoms with E-state index >= 15 is 0 Å².